The van der Waals surface area contributed by atoms with Crippen molar-refractivity contribution in [3.63, 3.8) is 0 Å². The minimum Gasteiger partial charge on any atom is -0.361 e. The number of nitrogens with zero attached hydrogens (tertiary/aromatic N) is 3. The van der Waals surface area contributed by atoms with Gasteiger partial charge in [0.1, 0.15) is 23.1 Å². The Morgan fingerprint density at radius 3 is 1.66 bits per heavy atom. The Labute approximate surface area is 260 Å². The number of rotatable bonds is 2. The maximum atomic E-state index is 5.48. The van der Waals surface area contributed by atoms with Gasteiger partial charge in [-0.25, -0.2) is 9.97 Å². The van der Waals surface area contributed by atoms with E-state index in [4.69, 9.17) is 4.98 Å². The molecule has 8 bridgehead atoms. The van der Waals surface area contributed by atoms with E-state index in [1.165, 1.54) is 11.4 Å². The number of nitrogens with one attached hydrogen (secondary N) is 3. The highest BCUT2D eigenvalue weighted by Gasteiger charge is 2.43. The number of hydrogen-bond acceptors (Lipinski definition) is 1. The van der Waals surface area contributed by atoms with Crippen molar-refractivity contribution in [2.24, 2.45) is 0 Å². The Morgan fingerprint density at radius 2 is 1.07 bits per heavy atom. The van der Waals surface area contributed by atoms with E-state index in [1.54, 1.807) is 0 Å². The zero-order valence-corrected chi connectivity index (χ0v) is 27.1. The monoisotopic (exact) mass is 583 g/mol. The van der Waals surface area contributed by atoms with Crippen molar-refractivity contribution in [3.05, 3.63) is 143 Å². The number of para-hydroxylation sites is 2. The van der Waals surface area contributed by atoms with E-state index < -0.39 is 10.8 Å². The quantitative estimate of drug-likeness (QED) is 0.179. The van der Waals surface area contributed by atoms with Crippen LogP contribution in [0.5, 0.6) is 0 Å². The number of H-pyrrole nitrogens is 3. The number of aromatic amines is 3. The Bertz CT molecular complexity index is 1820. The van der Waals surface area contributed by atoms with Crippen molar-refractivity contribution >= 4 is 0 Å². The van der Waals surface area contributed by atoms with Crippen LogP contribution in [0.1, 0.15) is 101 Å². The van der Waals surface area contributed by atoms with Crippen LogP contribution in [0.4, 0.5) is 0 Å². The molecule has 0 fully saturated rings. The summed E-state index contributed by atoms with van der Waals surface area (Å²) in [5, 5.41) is 0. The summed E-state index contributed by atoms with van der Waals surface area (Å²) in [6.45, 7) is 18.2. The van der Waals surface area contributed by atoms with Gasteiger partial charge < -0.3 is 14.5 Å². The molecule has 44 heavy (non-hydrogen) atoms. The van der Waals surface area contributed by atoms with E-state index in [1.807, 2.05) is 0 Å². The van der Waals surface area contributed by atoms with E-state index >= 15 is 0 Å². The highest BCUT2D eigenvalue weighted by molar-refractivity contribution is 5.43. The second kappa shape index (κ2) is 9.46. The average molecular weight is 584 g/mol. The fraction of sp³-hybridized carbons (Fsp3) is 0.316. The first-order valence-corrected chi connectivity index (χ1v) is 15.6. The van der Waals surface area contributed by atoms with Crippen LogP contribution in [0.15, 0.2) is 97.3 Å². The van der Waals surface area contributed by atoms with Crippen LogP contribution in [-0.2, 0) is 21.7 Å². The number of benzene rings is 2. The zero-order valence-electron chi connectivity index (χ0n) is 27.1. The molecule has 6 aromatic rings. The van der Waals surface area contributed by atoms with Gasteiger partial charge in [0.25, 0.3) is 5.82 Å². The normalized spacial score (nSPS) is 17.8. The Kier molecular flexibility index (Phi) is 6.06. The van der Waals surface area contributed by atoms with Gasteiger partial charge in [-0.1, -0.05) is 36.4 Å². The van der Waals surface area contributed by atoms with Crippen molar-refractivity contribution in [3.8, 4) is 11.4 Å². The van der Waals surface area contributed by atoms with Crippen LogP contribution < -0.4 is 4.57 Å². The summed E-state index contributed by atoms with van der Waals surface area (Å²) in [7, 11) is 0. The second-order valence-electron chi connectivity index (χ2n) is 14.4. The van der Waals surface area contributed by atoms with Crippen molar-refractivity contribution in [2.75, 3.05) is 0 Å². The van der Waals surface area contributed by atoms with E-state index in [0.717, 1.165) is 45.8 Å². The first-order chi connectivity index (χ1) is 20.8. The molecule has 0 radical (unpaired) electrons. The predicted octanol–water partition coefficient (Wildman–Crippen LogP) is 7.75. The number of aromatic nitrogens is 6. The molecule has 5 heterocycles. The van der Waals surface area contributed by atoms with Crippen LogP contribution in [0.2, 0.25) is 0 Å². The van der Waals surface area contributed by atoms with Gasteiger partial charge in [0.05, 0.1) is 16.5 Å². The third-order valence-electron chi connectivity index (χ3n) is 10.1. The summed E-state index contributed by atoms with van der Waals surface area (Å²) in [4.78, 5) is 17.1. The van der Waals surface area contributed by atoms with Crippen LogP contribution in [0, 0.1) is 0 Å². The molecule has 3 N–H and O–H groups in total. The summed E-state index contributed by atoms with van der Waals surface area (Å²) in [6.07, 6.45) is 4.50. The SMILES string of the molecule is CC1(C)c2cn(-c3ccccc3)c(n2)C(C)(C)c2ccc([nH]2)C(C)(C)c2ccc([nH]2)C(C)(C)c2[nH]c1c[n+]2-c1ccccc1. The van der Waals surface area contributed by atoms with Crippen molar-refractivity contribution in [1.82, 2.24) is 24.5 Å². The maximum Gasteiger partial charge on any atom is 0.271 e. The summed E-state index contributed by atoms with van der Waals surface area (Å²) in [5.41, 5.74) is 7.52. The van der Waals surface area contributed by atoms with Gasteiger partial charge in [0.15, 0.2) is 5.69 Å². The van der Waals surface area contributed by atoms with Gasteiger partial charge in [-0.15, -0.1) is 0 Å². The summed E-state index contributed by atoms with van der Waals surface area (Å²) in [6, 6.07) is 30.1. The topological polar surface area (TPSA) is 69.1 Å². The molecule has 1 aliphatic heterocycles. The highest BCUT2D eigenvalue weighted by atomic mass is 15.1. The van der Waals surface area contributed by atoms with Gasteiger partial charge in [-0.3, -0.25) is 0 Å². The third kappa shape index (κ3) is 4.15. The third-order valence-corrected chi connectivity index (χ3v) is 10.1. The molecular weight excluding hydrogens is 540 g/mol. The zero-order chi connectivity index (χ0) is 31.1. The largest absolute Gasteiger partial charge is 0.361 e. The average Bonchev–Trinajstić information content (AvgIpc) is 3.82. The van der Waals surface area contributed by atoms with Crippen LogP contribution in [0.3, 0.4) is 0 Å². The molecule has 0 unspecified atom stereocenters. The molecule has 224 valence electrons. The first kappa shape index (κ1) is 28.2. The van der Waals surface area contributed by atoms with Gasteiger partial charge in [0.2, 0.25) is 0 Å². The number of imidazole rings is 2. The Hall–Kier alpha value is -4.58. The van der Waals surface area contributed by atoms with Crippen molar-refractivity contribution in [2.45, 2.75) is 77.0 Å². The lowest BCUT2D eigenvalue weighted by atomic mass is 9.85. The van der Waals surface area contributed by atoms with Gasteiger partial charge in [-0.05, 0) is 104 Å². The van der Waals surface area contributed by atoms with Gasteiger partial charge in [0, 0.05) is 40.1 Å². The molecule has 0 saturated carbocycles. The Balaban J connectivity index is 1.54. The first-order valence-electron chi connectivity index (χ1n) is 15.6. The fourth-order valence-corrected chi connectivity index (χ4v) is 6.67. The maximum absolute atomic E-state index is 5.48. The minimum atomic E-state index is -0.420. The molecule has 0 atom stereocenters. The molecule has 0 spiro atoms. The molecule has 6 heteroatoms. The molecule has 4 aromatic heterocycles. The molecular formula is C38H43N6+. The minimum absolute atomic E-state index is 0.266. The van der Waals surface area contributed by atoms with E-state index in [-0.39, 0.29) is 10.8 Å². The molecule has 0 aliphatic carbocycles. The molecule has 7 rings (SSSR count). The fourth-order valence-electron chi connectivity index (χ4n) is 6.67. The highest BCUT2D eigenvalue weighted by Crippen LogP contribution is 2.40. The molecule has 1 aliphatic rings. The lowest BCUT2D eigenvalue weighted by Crippen LogP contribution is -2.41. The molecule has 0 saturated heterocycles. The van der Waals surface area contributed by atoms with Crippen molar-refractivity contribution in [1.29, 1.82) is 0 Å². The smallest absolute Gasteiger partial charge is 0.271 e. The summed E-state index contributed by atoms with van der Waals surface area (Å²) < 4.78 is 4.59. The second-order valence-corrected chi connectivity index (χ2v) is 14.4. The number of hydrogen-bond donors (Lipinski definition) is 3. The standard InChI is InChI=1S/C38H42N6/c1-35(2)27-19-21-29(39-27)37(5,6)33-41-31(23-43(33)25-15-11-9-12-16-25)36(3,4)32-24-44(26-17-13-10-14-18-26)34(42-32)38(7,8)30-22-20-28(35)40-30/h9-24,39-40H,1-8H3/p+1. The van der Waals surface area contributed by atoms with Crippen molar-refractivity contribution < 1.29 is 4.57 Å². The summed E-state index contributed by atoms with van der Waals surface area (Å²) in [5.74, 6) is 2.10. The lowest BCUT2D eigenvalue weighted by Gasteiger charge is -2.27. The van der Waals surface area contributed by atoms with E-state index in [2.05, 4.69) is 177 Å². The van der Waals surface area contributed by atoms with E-state index in [9.17, 15) is 0 Å². The van der Waals surface area contributed by atoms with Crippen LogP contribution >= 0.6 is 0 Å². The molecule has 0 amide bonds. The predicted molar refractivity (Wildman–Crippen MR) is 176 cm³/mol. The van der Waals surface area contributed by atoms with Crippen LogP contribution in [0.25, 0.3) is 11.4 Å². The molecule has 2 aromatic carbocycles. The van der Waals surface area contributed by atoms with Gasteiger partial charge >= 0.3 is 0 Å². The lowest BCUT2D eigenvalue weighted by molar-refractivity contribution is -0.606. The van der Waals surface area contributed by atoms with Crippen LogP contribution in [-0.4, -0.2) is 24.5 Å². The van der Waals surface area contributed by atoms with Gasteiger partial charge in [-0.2, -0.15) is 4.57 Å². The molecule has 6 nitrogen and oxygen atoms in total. The number of fused-ring (bicyclic) bond motifs is 8. The Morgan fingerprint density at radius 1 is 0.545 bits per heavy atom. The van der Waals surface area contributed by atoms with E-state index in [0.29, 0.717) is 0 Å². The summed E-state index contributed by atoms with van der Waals surface area (Å²) >= 11 is 0.